The number of carbonyl (C=O) groups is 2. The fourth-order valence-corrected chi connectivity index (χ4v) is 3.30. The number of benzene rings is 2. The quantitative estimate of drug-likeness (QED) is 0.498. The smallest absolute Gasteiger partial charge is 0.293 e. The predicted molar refractivity (Wildman–Crippen MR) is 97.5 cm³/mol. The maximum absolute atomic E-state index is 12.5. The first-order valence-electron chi connectivity index (χ1n) is 7.63. The van der Waals surface area contributed by atoms with E-state index in [4.69, 9.17) is 0 Å². The van der Waals surface area contributed by atoms with Crippen LogP contribution in [0, 0.1) is 17.0 Å². The Balaban J connectivity index is 1.81. The van der Waals surface area contributed by atoms with Crippen LogP contribution < -0.4 is 0 Å². The number of imide groups is 1. The highest BCUT2D eigenvalue weighted by Crippen LogP contribution is 2.35. The minimum absolute atomic E-state index is 0.0257. The van der Waals surface area contributed by atoms with E-state index in [9.17, 15) is 24.8 Å². The molecular weight excluding hydrogens is 356 g/mol. The lowest BCUT2D eigenvalue weighted by Gasteiger charge is -2.12. The Morgan fingerprint density at radius 2 is 1.88 bits per heavy atom. The molecule has 1 aliphatic rings. The topological polar surface area (TPSA) is 101 Å². The summed E-state index contributed by atoms with van der Waals surface area (Å²) in [6, 6.07) is 10.7. The highest BCUT2D eigenvalue weighted by Gasteiger charge is 2.35. The molecule has 0 atom stereocenters. The van der Waals surface area contributed by atoms with Gasteiger partial charge in [-0.05, 0) is 42.5 Å². The highest BCUT2D eigenvalue weighted by molar-refractivity contribution is 8.18. The van der Waals surface area contributed by atoms with Crippen molar-refractivity contribution in [3.8, 4) is 5.75 Å². The minimum Gasteiger partial charge on any atom is -0.507 e. The molecule has 0 saturated carbocycles. The molecule has 1 fully saturated rings. The number of aryl methyl sites for hydroxylation is 1. The van der Waals surface area contributed by atoms with Crippen LogP contribution in [0.5, 0.6) is 5.75 Å². The van der Waals surface area contributed by atoms with Gasteiger partial charge in [-0.25, -0.2) is 0 Å². The van der Waals surface area contributed by atoms with E-state index >= 15 is 0 Å². The largest absolute Gasteiger partial charge is 0.507 e. The van der Waals surface area contributed by atoms with Gasteiger partial charge in [-0.15, -0.1) is 0 Å². The lowest BCUT2D eigenvalue weighted by atomic mass is 10.1. The number of hydrogen-bond donors (Lipinski definition) is 1. The van der Waals surface area contributed by atoms with Gasteiger partial charge in [0.1, 0.15) is 5.75 Å². The van der Waals surface area contributed by atoms with Crippen molar-refractivity contribution in [1.82, 2.24) is 4.90 Å². The van der Waals surface area contributed by atoms with Crippen LogP contribution in [0.25, 0.3) is 6.08 Å². The number of rotatable bonds is 4. The number of phenolic OH excluding ortho intramolecular Hbond substituents is 1. The zero-order valence-electron chi connectivity index (χ0n) is 13.7. The summed E-state index contributed by atoms with van der Waals surface area (Å²) in [6.07, 6.45) is 1.49. The lowest BCUT2D eigenvalue weighted by Crippen LogP contribution is -2.27. The van der Waals surface area contributed by atoms with E-state index < -0.39 is 16.1 Å². The molecule has 2 aromatic carbocycles. The summed E-state index contributed by atoms with van der Waals surface area (Å²) >= 11 is 0.798. The molecule has 1 saturated heterocycles. The molecule has 1 aliphatic heterocycles. The first kappa shape index (κ1) is 17.7. The van der Waals surface area contributed by atoms with E-state index in [-0.39, 0.29) is 22.9 Å². The number of carbonyl (C=O) groups excluding carboxylic acids is 2. The van der Waals surface area contributed by atoms with E-state index in [1.165, 1.54) is 36.4 Å². The van der Waals surface area contributed by atoms with E-state index in [1.807, 2.05) is 6.92 Å². The number of phenols is 1. The van der Waals surface area contributed by atoms with E-state index in [1.54, 1.807) is 12.1 Å². The Bertz CT molecular complexity index is 937. The normalized spacial score (nSPS) is 15.7. The third kappa shape index (κ3) is 3.60. The van der Waals surface area contributed by atoms with Crippen molar-refractivity contribution in [2.24, 2.45) is 0 Å². The van der Waals surface area contributed by atoms with Crippen LogP contribution >= 0.6 is 11.8 Å². The summed E-state index contributed by atoms with van der Waals surface area (Å²) in [5, 5.41) is 20.2. The minimum atomic E-state index is -0.513. The van der Waals surface area contributed by atoms with Gasteiger partial charge in [0.2, 0.25) is 0 Å². The van der Waals surface area contributed by atoms with Crippen molar-refractivity contribution in [3.05, 3.63) is 74.2 Å². The van der Waals surface area contributed by atoms with Gasteiger partial charge in [-0.1, -0.05) is 23.8 Å². The number of nitro benzene ring substituents is 1. The molecule has 0 radical (unpaired) electrons. The van der Waals surface area contributed by atoms with Gasteiger partial charge in [0, 0.05) is 17.7 Å². The Morgan fingerprint density at radius 1 is 1.19 bits per heavy atom. The van der Waals surface area contributed by atoms with Crippen LogP contribution in [-0.4, -0.2) is 26.1 Å². The average molecular weight is 370 g/mol. The fraction of sp³-hybridized carbons (Fsp3) is 0.111. The molecule has 26 heavy (non-hydrogen) atoms. The van der Waals surface area contributed by atoms with Gasteiger partial charge >= 0.3 is 0 Å². The predicted octanol–water partition coefficient (Wildman–Crippen LogP) is 3.85. The van der Waals surface area contributed by atoms with E-state index in [2.05, 4.69) is 0 Å². The second-order valence-corrected chi connectivity index (χ2v) is 6.75. The SMILES string of the molecule is Cc1ccc(O)c(/C=C2\SC(=O)N(Cc3ccc([N+](=O)[O-])cc3)C2=O)c1. The molecule has 2 aromatic rings. The molecule has 7 nitrogen and oxygen atoms in total. The first-order chi connectivity index (χ1) is 12.3. The molecule has 8 heteroatoms. The molecule has 3 rings (SSSR count). The van der Waals surface area contributed by atoms with Crippen molar-refractivity contribution in [3.63, 3.8) is 0 Å². The average Bonchev–Trinajstić information content (AvgIpc) is 2.86. The number of nitro groups is 1. The third-order valence-corrected chi connectivity index (χ3v) is 4.74. The Kier molecular flexibility index (Phi) is 4.77. The lowest BCUT2D eigenvalue weighted by molar-refractivity contribution is -0.384. The van der Waals surface area contributed by atoms with Gasteiger partial charge in [-0.2, -0.15) is 0 Å². The maximum Gasteiger partial charge on any atom is 0.293 e. The van der Waals surface area contributed by atoms with Gasteiger partial charge in [0.25, 0.3) is 16.8 Å². The molecule has 0 unspecified atom stereocenters. The Morgan fingerprint density at radius 3 is 2.54 bits per heavy atom. The van der Waals surface area contributed by atoms with Crippen LogP contribution in [0.4, 0.5) is 10.5 Å². The summed E-state index contributed by atoms with van der Waals surface area (Å²) < 4.78 is 0. The summed E-state index contributed by atoms with van der Waals surface area (Å²) in [4.78, 5) is 36.2. The standard InChI is InChI=1S/C18H14N2O5S/c1-11-2-7-15(21)13(8-11)9-16-17(22)19(18(23)26-16)10-12-3-5-14(6-4-12)20(24)25/h2-9,21H,10H2,1H3/b16-9-. The van der Waals surface area contributed by atoms with E-state index in [0.717, 1.165) is 22.2 Å². The van der Waals surface area contributed by atoms with Gasteiger partial charge in [0.15, 0.2) is 0 Å². The summed E-state index contributed by atoms with van der Waals surface area (Å²) in [5.41, 5.74) is 1.93. The van der Waals surface area contributed by atoms with Crippen LogP contribution in [0.1, 0.15) is 16.7 Å². The number of amides is 2. The molecule has 1 N–H and O–H groups in total. The molecule has 0 aromatic heterocycles. The number of nitrogens with zero attached hydrogens (tertiary/aromatic N) is 2. The summed E-state index contributed by atoms with van der Waals surface area (Å²) in [5.74, 6) is -0.433. The van der Waals surface area contributed by atoms with Crippen molar-refractivity contribution >= 4 is 34.7 Å². The monoisotopic (exact) mass is 370 g/mol. The van der Waals surface area contributed by atoms with Crippen LogP contribution in [0.2, 0.25) is 0 Å². The summed E-state index contributed by atoms with van der Waals surface area (Å²) in [7, 11) is 0. The number of non-ortho nitro benzene ring substituents is 1. The third-order valence-electron chi connectivity index (χ3n) is 3.83. The molecule has 0 bridgehead atoms. The van der Waals surface area contributed by atoms with Crippen molar-refractivity contribution in [1.29, 1.82) is 0 Å². The Labute approximate surface area is 153 Å². The Hall–Kier alpha value is -3.13. The number of thioether (sulfide) groups is 1. The molecule has 0 spiro atoms. The van der Waals surface area contributed by atoms with Crippen LogP contribution in [0.3, 0.4) is 0 Å². The summed E-state index contributed by atoms with van der Waals surface area (Å²) in [6.45, 7) is 1.89. The molecular formula is C18H14N2O5S. The molecule has 132 valence electrons. The van der Waals surface area contributed by atoms with Crippen molar-refractivity contribution in [2.75, 3.05) is 0 Å². The second-order valence-electron chi connectivity index (χ2n) is 5.75. The van der Waals surface area contributed by atoms with Gasteiger partial charge in [-0.3, -0.25) is 24.6 Å². The maximum atomic E-state index is 12.5. The van der Waals surface area contributed by atoms with Crippen LogP contribution in [-0.2, 0) is 11.3 Å². The van der Waals surface area contributed by atoms with Crippen molar-refractivity contribution < 1.29 is 19.6 Å². The van der Waals surface area contributed by atoms with Gasteiger partial charge in [0.05, 0.1) is 16.4 Å². The zero-order valence-corrected chi connectivity index (χ0v) is 14.5. The van der Waals surface area contributed by atoms with Crippen molar-refractivity contribution in [2.45, 2.75) is 13.5 Å². The number of hydrogen-bond acceptors (Lipinski definition) is 6. The molecule has 1 heterocycles. The first-order valence-corrected chi connectivity index (χ1v) is 8.45. The molecule has 0 aliphatic carbocycles. The van der Waals surface area contributed by atoms with Gasteiger partial charge < -0.3 is 5.11 Å². The second kappa shape index (κ2) is 7.01. The fourth-order valence-electron chi connectivity index (χ4n) is 2.47. The van der Waals surface area contributed by atoms with E-state index in [0.29, 0.717) is 11.1 Å². The van der Waals surface area contributed by atoms with Crippen LogP contribution in [0.15, 0.2) is 47.4 Å². The zero-order chi connectivity index (χ0) is 18.8. The number of aromatic hydroxyl groups is 1. The highest BCUT2D eigenvalue weighted by atomic mass is 32.2. The molecule has 2 amide bonds.